The van der Waals surface area contributed by atoms with Crippen LogP contribution in [0.1, 0.15) is 12.7 Å². The van der Waals surface area contributed by atoms with Gasteiger partial charge in [-0.05, 0) is 13.5 Å². The van der Waals surface area contributed by atoms with Crippen molar-refractivity contribution in [3.8, 4) is 0 Å². The number of imidazole rings is 1. The largest absolute Gasteiger partial charge is 0.332 e. The molecule has 0 saturated heterocycles. The van der Waals surface area contributed by atoms with Crippen molar-refractivity contribution in [3.05, 3.63) is 12.0 Å². The molecule has 15 heavy (non-hydrogen) atoms. The highest BCUT2D eigenvalue weighted by Gasteiger charge is 2.14. The summed E-state index contributed by atoms with van der Waals surface area (Å²) >= 11 is 0. The molecule has 1 heterocycles. The second-order valence-electron chi connectivity index (χ2n) is 3.08. The van der Waals surface area contributed by atoms with E-state index in [1.165, 1.54) is 6.20 Å². The number of hydrogen-bond donors (Lipinski definition) is 3. The molecule has 0 bridgehead atoms. The Morgan fingerprint density at radius 1 is 1.47 bits per heavy atom. The molecule has 1 aromatic rings. The van der Waals surface area contributed by atoms with Gasteiger partial charge in [-0.25, -0.2) is 18.1 Å². The van der Waals surface area contributed by atoms with E-state index in [4.69, 9.17) is 0 Å². The zero-order valence-electron chi connectivity index (χ0n) is 8.87. The monoisotopic (exact) mass is 232 g/mol. The number of aromatic amines is 1. The molecule has 0 amide bonds. The third-order valence-corrected chi connectivity index (χ3v) is 3.18. The second-order valence-corrected chi connectivity index (χ2v) is 4.82. The zero-order chi connectivity index (χ0) is 11.3. The summed E-state index contributed by atoms with van der Waals surface area (Å²) in [6.45, 7) is 5.48. The maximum Gasteiger partial charge on any atom is 0.257 e. The molecule has 1 aromatic heterocycles. The summed E-state index contributed by atoms with van der Waals surface area (Å²) in [5.74, 6) is 0.585. The second kappa shape index (κ2) is 5.24. The first-order chi connectivity index (χ1) is 7.06. The normalized spacial score (nSPS) is 11.9. The minimum absolute atomic E-state index is 0.108. The molecule has 1 rings (SSSR count). The highest BCUT2D eigenvalue weighted by Crippen LogP contribution is 2.03. The van der Waals surface area contributed by atoms with Gasteiger partial charge in [0.05, 0.1) is 6.20 Å². The van der Waals surface area contributed by atoms with Crippen molar-refractivity contribution in [3.63, 3.8) is 0 Å². The standard InChI is InChI=1S/C8H16N4O2S/c1-3-9-4-5-11-15(13,14)8-6-10-7(2)12-8/h6,9,11H,3-5H2,1-2H3,(H,10,12). The van der Waals surface area contributed by atoms with E-state index in [9.17, 15) is 8.42 Å². The van der Waals surface area contributed by atoms with E-state index in [0.29, 0.717) is 18.9 Å². The SMILES string of the molecule is CCNCCNS(=O)(=O)c1cnc(C)[nH]1. The van der Waals surface area contributed by atoms with Crippen LogP contribution in [0.5, 0.6) is 0 Å². The van der Waals surface area contributed by atoms with Crippen LogP contribution in [-0.2, 0) is 10.0 Å². The first-order valence-electron chi connectivity index (χ1n) is 4.78. The third-order valence-electron chi connectivity index (χ3n) is 1.81. The van der Waals surface area contributed by atoms with Crippen molar-refractivity contribution in [1.82, 2.24) is 20.0 Å². The maximum absolute atomic E-state index is 11.6. The number of aromatic nitrogens is 2. The van der Waals surface area contributed by atoms with E-state index < -0.39 is 10.0 Å². The van der Waals surface area contributed by atoms with Crippen molar-refractivity contribution >= 4 is 10.0 Å². The van der Waals surface area contributed by atoms with Gasteiger partial charge in [0, 0.05) is 13.1 Å². The van der Waals surface area contributed by atoms with Crippen LogP contribution in [0.25, 0.3) is 0 Å². The van der Waals surface area contributed by atoms with Crippen LogP contribution in [0, 0.1) is 6.92 Å². The molecule has 0 atom stereocenters. The Morgan fingerprint density at radius 2 is 2.20 bits per heavy atom. The molecule has 0 unspecified atom stereocenters. The van der Waals surface area contributed by atoms with Crippen LogP contribution >= 0.6 is 0 Å². The Hall–Kier alpha value is -0.920. The van der Waals surface area contributed by atoms with Gasteiger partial charge in [0.15, 0.2) is 5.03 Å². The Kier molecular flexibility index (Phi) is 4.25. The molecular weight excluding hydrogens is 216 g/mol. The van der Waals surface area contributed by atoms with E-state index in [1.807, 2.05) is 6.92 Å². The fourth-order valence-corrected chi connectivity index (χ4v) is 2.06. The molecule has 0 radical (unpaired) electrons. The molecule has 0 saturated carbocycles. The molecule has 3 N–H and O–H groups in total. The van der Waals surface area contributed by atoms with Crippen LogP contribution in [0.15, 0.2) is 11.2 Å². The number of nitrogens with one attached hydrogen (secondary N) is 3. The Balaban J connectivity index is 2.53. The molecule has 0 aliphatic carbocycles. The molecular formula is C8H16N4O2S. The maximum atomic E-state index is 11.6. The lowest BCUT2D eigenvalue weighted by Crippen LogP contribution is -2.31. The summed E-state index contributed by atoms with van der Waals surface area (Å²) in [6.07, 6.45) is 1.31. The molecule has 0 aromatic carbocycles. The predicted molar refractivity (Wildman–Crippen MR) is 57.1 cm³/mol. The third kappa shape index (κ3) is 3.61. The predicted octanol–water partition coefficient (Wildman–Crippen LogP) is -0.394. The van der Waals surface area contributed by atoms with Gasteiger partial charge in [-0.3, -0.25) is 0 Å². The molecule has 0 fully saturated rings. The number of rotatable bonds is 6. The van der Waals surface area contributed by atoms with E-state index in [-0.39, 0.29) is 5.03 Å². The first-order valence-corrected chi connectivity index (χ1v) is 6.26. The number of nitrogens with zero attached hydrogens (tertiary/aromatic N) is 1. The van der Waals surface area contributed by atoms with E-state index in [0.717, 1.165) is 6.54 Å². The summed E-state index contributed by atoms with van der Waals surface area (Å²) < 4.78 is 25.7. The average molecular weight is 232 g/mol. The van der Waals surface area contributed by atoms with Gasteiger partial charge in [0.1, 0.15) is 5.82 Å². The van der Waals surface area contributed by atoms with Gasteiger partial charge < -0.3 is 10.3 Å². The smallest absolute Gasteiger partial charge is 0.257 e. The van der Waals surface area contributed by atoms with Gasteiger partial charge in [0.25, 0.3) is 10.0 Å². The number of sulfonamides is 1. The van der Waals surface area contributed by atoms with Gasteiger partial charge in [-0.1, -0.05) is 6.92 Å². The Bertz CT molecular complexity index is 399. The minimum Gasteiger partial charge on any atom is -0.332 e. The molecule has 0 spiro atoms. The number of H-pyrrole nitrogens is 1. The lowest BCUT2D eigenvalue weighted by atomic mass is 10.6. The van der Waals surface area contributed by atoms with Gasteiger partial charge in [-0.2, -0.15) is 0 Å². The van der Waals surface area contributed by atoms with Crippen LogP contribution < -0.4 is 10.0 Å². The van der Waals surface area contributed by atoms with Crippen LogP contribution in [0.2, 0.25) is 0 Å². The number of hydrogen-bond acceptors (Lipinski definition) is 4. The molecule has 0 aliphatic rings. The van der Waals surface area contributed by atoms with Crippen LogP contribution in [0.4, 0.5) is 0 Å². The van der Waals surface area contributed by atoms with Crippen LogP contribution in [0.3, 0.4) is 0 Å². The van der Waals surface area contributed by atoms with E-state index in [2.05, 4.69) is 20.0 Å². The minimum atomic E-state index is -3.43. The number of aryl methyl sites for hydroxylation is 1. The average Bonchev–Trinajstić information content (AvgIpc) is 2.60. The lowest BCUT2D eigenvalue weighted by molar-refractivity contribution is 0.574. The van der Waals surface area contributed by atoms with Crippen molar-refractivity contribution < 1.29 is 8.42 Å². The Morgan fingerprint density at radius 3 is 2.73 bits per heavy atom. The van der Waals surface area contributed by atoms with E-state index in [1.54, 1.807) is 6.92 Å². The fraction of sp³-hybridized carbons (Fsp3) is 0.625. The molecule has 86 valence electrons. The topological polar surface area (TPSA) is 86.9 Å². The van der Waals surface area contributed by atoms with Crippen molar-refractivity contribution in [1.29, 1.82) is 0 Å². The zero-order valence-corrected chi connectivity index (χ0v) is 9.69. The molecule has 6 nitrogen and oxygen atoms in total. The summed E-state index contributed by atoms with van der Waals surface area (Å²) in [5.41, 5.74) is 0. The van der Waals surface area contributed by atoms with Crippen LogP contribution in [-0.4, -0.2) is 38.0 Å². The highest BCUT2D eigenvalue weighted by molar-refractivity contribution is 7.89. The van der Waals surface area contributed by atoms with Crippen molar-refractivity contribution in [2.75, 3.05) is 19.6 Å². The Labute approximate surface area is 89.5 Å². The molecule has 0 aliphatic heterocycles. The summed E-state index contributed by atoms with van der Waals surface area (Å²) in [6, 6.07) is 0. The summed E-state index contributed by atoms with van der Waals surface area (Å²) in [7, 11) is -3.43. The van der Waals surface area contributed by atoms with Crippen molar-refractivity contribution in [2.45, 2.75) is 18.9 Å². The molecule has 7 heteroatoms. The van der Waals surface area contributed by atoms with E-state index >= 15 is 0 Å². The summed E-state index contributed by atoms with van der Waals surface area (Å²) in [4.78, 5) is 6.51. The van der Waals surface area contributed by atoms with Gasteiger partial charge >= 0.3 is 0 Å². The summed E-state index contributed by atoms with van der Waals surface area (Å²) in [5, 5.41) is 3.13. The van der Waals surface area contributed by atoms with Gasteiger partial charge in [-0.15, -0.1) is 0 Å². The fourth-order valence-electron chi connectivity index (χ4n) is 1.06. The first kappa shape index (κ1) is 12.2. The highest BCUT2D eigenvalue weighted by atomic mass is 32.2. The quantitative estimate of drug-likeness (QED) is 0.583. The lowest BCUT2D eigenvalue weighted by Gasteiger charge is -2.04. The van der Waals surface area contributed by atoms with Crippen molar-refractivity contribution in [2.24, 2.45) is 0 Å². The number of likely N-dealkylation sites (N-methyl/N-ethyl adjacent to an activating group) is 1. The van der Waals surface area contributed by atoms with Gasteiger partial charge in [0.2, 0.25) is 0 Å².